The molecule has 3 aromatic heterocycles. The summed E-state index contributed by atoms with van der Waals surface area (Å²) in [6, 6.07) is 15.9. The van der Waals surface area contributed by atoms with E-state index in [9.17, 15) is 28.4 Å². The van der Waals surface area contributed by atoms with Crippen LogP contribution in [-0.2, 0) is 19.5 Å². The maximum atomic E-state index is 14.7. The van der Waals surface area contributed by atoms with Crippen molar-refractivity contribution >= 4 is 66.7 Å². The predicted molar refractivity (Wildman–Crippen MR) is 273 cm³/mol. The molecule has 1 spiro atoms. The zero-order valence-corrected chi connectivity index (χ0v) is 42.2. The average Bonchev–Trinajstić information content (AvgIpc) is 4.04. The van der Waals surface area contributed by atoms with Gasteiger partial charge in [0, 0.05) is 67.0 Å². The number of morpholine rings is 1. The number of pyridine rings is 1. The molecule has 3 atom stereocenters. The number of aromatic nitrogens is 2. The molecule has 7 heterocycles. The van der Waals surface area contributed by atoms with Gasteiger partial charge in [-0.1, -0.05) is 13.8 Å². The molecule has 5 fully saturated rings. The molecule has 4 aliphatic heterocycles. The number of nitro benzene ring substituents is 1. The fourth-order valence-electron chi connectivity index (χ4n) is 12.2. The van der Waals surface area contributed by atoms with E-state index in [-0.39, 0.29) is 34.7 Å². The number of thiophene rings is 1. The van der Waals surface area contributed by atoms with Crippen molar-refractivity contribution in [3.63, 3.8) is 0 Å². The van der Waals surface area contributed by atoms with Crippen LogP contribution in [0.2, 0.25) is 0 Å². The van der Waals surface area contributed by atoms with E-state index in [1.54, 1.807) is 6.07 Å². The molecule has 4 N–H and O–H groups in total. The van der Waals surface area contributed by atoms with E-state index in [0.29, 0.717) is 73.9 Å². The first-order valence-corrected chi connectivity index (χ1v) is 27.6. The third-order valence-corrected chi connectivity index (χ3v) is 18.7. The van der Waals surface area contributed by atoms with E-state index < -0.39 is 43.1 Å². The van der Waals surface area contributed by atoms with Gasteiger partial charge >= 0.3 is 0 Å². The highest BCUT2D eigenvalue weighted by molar-refractivity contribution is 7.90. The molecule has 0 radical (unpaired) electrons. The van der Waals surface area contributed by atoms with Crippen molar-refractivity contribution in [3.8, 4) is 5.88 Å². The number of benzene rings is 2. The number of rotatable bonds is 12. The van der Waals surface area contributed by atoms with E-state index in [2.05, 4.69) is 55.0 Å². The Kier molecular flexibility index (Phi) is 12.8. The number of nitrogens with one attached hydrogen (secondary N) is 3. The van der Waals surface area contributed by atoms with Crippen LogP contribution in [0.1, 0.15) is 111 Å². The van der Waals surface area contributed by atoms with Crippen molar-refractivity contribution < 1.29 is 37.5 Å². The molecule has 17 nitrogen and oxygen atoms in total. The molecule has 0 bridgehead atoms. The van der Waals surface area contributed by atoms with Gasteiger partial charge in [0.1, 0.15) is 23.1 Å². The quantitative estimate of drug-likeness (QED) is 0.0683. The van der Waals surface area contributed by atoms with Gasteiger partial charge in [-0.25, -0.2) is 13.1 Å². The van der Waals surface area contributed by atoms with Crippen molar-refractivity contribution in [2.24, 2.45) is 11.3 Å². The number of hydrogen-bond donors (Lipinski definition) is 4. The van der Waals surface area contributed by atoms with Crippen LogP contribution in [-0.4, -0.2) is 116 Å². The van der Waals surface area contributed by atoms with Crippen LogP contribution in [0.3, 0.4) is 0 Å². The van der Waals surface area contributed by atoms with Gasteiger partial charge in [0.05, 0.1) is 58.6 Å². The Balaban J connectivity index is 0.865. The van der Waals surface area contributed by atoms with Crippen LogP contribution >= 0.6 is 11.3 Å². The molecular weight excluding hydrogens is 945 g/mol. The Hall–Kier alpha value is -5.31. The van der Waals surface area contributed by atoms with Crippen molar-refractivity contribution in [1.82, 2.24) is 19.6 Å². The van der Waals surface area contributed by atoms with Crippen LogP contribution in [0.25, 0.3) is 11.0 Å². The van der Waals surface area contributed by atoms with Crippen LogP contribution in [0.15, 0.2) is 71.1 Å². The number of aliphatic hydroxyl groups is 1. The van der Waals surface area contributed by atoms with Gasteiger partial charge in [0.2, 0.25) is 5.88 Å². The monoisotopic (exact) mass is 1010 g/mol. The Morgan fingerprint density at radius 3 is 2.55 bits per heavy atom. The third-order valence-electron chi connectivity index (χ3n) is 16.4. The molecule has 71 heavy (non-hydrogen) atoms. The normalized spacial score (nSPS) is 25.9. The first-order valence-electron chi connectivity index (χ1n) is 25.3. The molecule has 378 valence electrons. The van der Waals surface area contributed by atoms with Gasteiger partial charge in [-0.05, 0) is 141 Å². The molecule has 5 aromatic rings. The van der Waals surface area contributed by atoms with Crippen LogP contribution in [0.4, 0.5) is 28.4 Å². The maximum absolute atomic E-state index is 14.7. The zero-order valence-electron chi connectivity index (χ0n) is 40.6. The molecular formula is C52H64N8O9S2. The molecule has 11 rings (SSSR count). The van der Waals surface area contributed by atoms with Gasteiger partial charge in [0.15, 0.2) is 0 Å². The number of carbonyl (C=O) groups excluding carboxylic acids is 1. The Morgan fingerprint density at radius 1 is 0.986 bits per heavy atom. The number of anilines is 4. The van der Waals surface area contributed by atoms with E-state index in [4.69, 9.17) is 19.2 Å². The van der Waals surface area contributed by atoms with Crippen molar-refractivity contribution in [3.05, 3.63) is 92.3 Å². The lowest BCUT2D eigenvalue weighted by Crippen LogP contribution is -2.57. The number of nitro groups is 1. The summed E-state index contributed by atoms with van der Waals surface area (Å²) in [5.41, 5.74) is 3.55. The van der Waals surface area contributed by atoms with Gasteiger partial charge in [-0.2, -0.15) is 4.98 Å². The van der Waals surface area contributed by atoms with E-state index in [1.165, 1.54) is 22.6 Å². The minimum Gasteiger partial charge on any atom is -0.468 e. The molecule has 1 amide bonds. The summed E-state index contributed by atoms with van der Waals surface area (Å²) < 4.78 is 49.1. The highest BCUT2D eigenvalue weighted by Crippen LogP contribution is 2.54. The summed E-state index contributed by atoms with van der Waals surface area (Å²) in [5.74, 6) is 0.158. The Morgan fingerprint density at radius 2 is 1.77 bits per heavy atom. The van der Waals surface area contributed by atoms with E-state index in [0.717, 1.165) is 88.5 Å². The number of H-pyrrole nitrogens is 1. The number of sulfonamides is 1. The Bertz CT molecular complexity index is 2910. The minimum absolute atomic E-state index is 0.116. The highest BCUT2D eigenvalue weighted by atomic mass is 32.2. The number of piperidine rings is 1. The second kappa shape index (κ2) is 18.9. The summed E-state index contributed by atoms with van der Waals surface area (Å²) in [4.78, 5) is 42.7. The van der Waals surface area contributed by atoms with E-state index >= 15 is 0 Å². The average molecular weight is 1010 g/mol. The van der Waals surface area contributed by atoms with Crippen LogP contribution < -0.4 is 24.6 Å². The summed E-state index contributed by atoms with van der Waals surface area (Å²) in [5, 5.41) is 29.0. The lowest BCUT2D eigenvalue weighted by Gasteiger charge is -2.57. The number of amides is 1. The van der Waals surface area contributed by atoms with Crippen molar-refractivity contribution in [2.45, 2.75) is 119 Å². The minimum atomic E-state index is -4.62. The van der Waals surface area contributed by atoms with Gasteiger partial charge in [-0.3, -0.25) is 19.8 Å². The van der Waals surface area contributed by atoms with Gasteiger partial charge in [-0.15, -0.1) is 11.3 Å². The number of aromatic amines is 1. The standard InChI is InChI=1S/C52H64N8O9S2/c1-32(2)38-12-23-70-47(38)45-30-68-22-20-58(45)36-27-52(28-36)15-18-57(19-16-52)35-4-6-39(42(25-35)59-41-11-21-67-31-46(41)69-50-44(59)24-34-10-17-53-48(34)55-50)49(61)56-71(65,66)37-5-7-40(43(26-37)60(63)64)54-29-33-8-13-51(3,62)14-9-33/h4-7,10,12,17,23-26,32-33,36,41,45-46,54,62H,8-9,11,13-16,18-22,27-31H2,1-3H3,(H,53,55)(H,56,61)/t33?,41-,45-,46-,51?/m0/s1. The summed E-state index contributed by atoms with van der Waals surface area (Å²) in [6.45, 7) is 11.7. The lowest BCUT2D eigenvalue weighted by molar-refractivity contribution is -0.384. The first kappa shape index (κ1) is 48.0. The molecule has 2 aromatic carbocycles. The fourth-order valence-corrected chi connectivity index (χ4v) is 14.4. The largest absolute Gasteiger partial charge is 0.468 e. The molecule has 2 aliphatic carbocycles. The third kappa shape index (κ3) is 9.37. The topological polar surface area (TPSA) is 205 Å². The summed E-state index contributed by atoms with van der Waals surface area (Å²) in [6.07, 6.45) is 9.13. The van der Waals surface area contributed by atoms with Crippen molar-refractivity contribution in [1.29, 1.82) is 0 Å². The maximum Gasteiger partial charge on any atom is 0.293 e. The predicted octanol–water partition coefficient (Wildman–Crippen LogP) is 8.64. The lowest BCUT2D eigenvalue weighted by atomic mass is 9.59. The Labute approximate surface area is 418 Å². The number of ether oxygens (including phenoxy) is 3. The number of fused-ring (bicyclic) bond motifs is 3. The smallest absolute Gasteiger partial charge is 0.293 e. The number of hydrogen-bond acceptors (Lipinski definition) is 15. The second-order valence-corrected chi connectivity index (χ2v) is 24.0. The number of nitrogens with zero attached hydrogens (tertiary/aromatic N) is 5. The molecule has 2 saturated carbocycles. The van der Waals surface area contributed by atoms with Gasteiger partial charge in [0.25, 0.3) is 21.6 Å². The second-order valence-electron chi connectivity index (χ2n) is 21.4. The van der Waals surface area contributed by atoms with E-state index in [1.807, 2.05) is 48.7 Å². The molecule has 3 saturated heterocycles. The highest BCUT2D eigenvalue weighted by Gasteiger charge is 2.50. The van der Waals surface area contributed by atoms with Crippen LogP contribution in [0, 0.1) is 21.4 Å². The fraction of sp³-hybridized carbons (Fsp3) is 0.538. The molecule has 6 aliphatic rings. The first-order chi connectivity index (χ1) is 34.1. The number of carbonyl (C=O) groups is 1. The van der Waals surface area contributed by atoms with Crippen LogP contribution in [0.5, 0.6) is 5.88 Å². The van der Waals surface area contributed by atoms with Gasteiger partial charge < -0.3 is 39.4 Å². The summed E-state index contributed by atoms with van der Waals surface area (Å²) in [7, 11) is -4.62. The SMILES string of the molecule is CC(C)c1ccsc1[C@@H]1COCCN1C1CC2(CCN(c3ccc(C(=O)NS(=O)(=O)c4ccc(NCC5CCC(C)(O)CC5)c([N+](=O)[O-])c4)c(N4c5cc6cc[nH]c6nc5O[C@H]5COCC[C@@H]54)c3)CC2)C1. The van der Waals surface area contributed by atoms with Crippen molar-refractivity contribution in [2.75, 3.05) is 67.7 Å². The summed E-state index contributed by atoms with van der Waals surface area (Å²) >= 11 is 1.86. The zero-order chi connectivity index (χ0) is 49.2. The molecule has 0 unspecified atom stereocenters. The molecule has 19 heteroatoms.